The van der Waals surface area contributed by atoms with Crippen molar-refractivity contribution < 1.29 is 9.47 Å². The van der Waals surface area contributed by atoms with Crippen LogP contribution >= 0.6 is 12.2 Å². The molecule has 0 aliphatic carbocycles. The van der Waals surface area contributed by atoms with Gasteiger partial charge in [-0.2, -0.15) is 0 Å². The standard InChI is InChI=1S/C23H31N3O3S/c1-15-7-8-16(2)21-20(15)11-17(22(27)25-21)13-26(14-19-6-4-10-29-19)23(30)24-12-18-5-3-9-28-18/h7-8,11,18-19H,3-6,9-10,12-14H2,1-2H3,(H,24,30)(H,25,27)/t18-,19+/m0/s1. The number of aryl methyl sites for hydroxylation is 2. The number of ether oxygens (including phenoxy) is 2. The van der Waals surface area contributed by atoms with Crippen LogP contribution in [0.5, 0.6) is 0 Å². The molecule has 2 atom stereocenters. The summed E-state index contributed by atoms with van der Waals surface area (Å²) in [5.74, 6) is 0. The van der Waals surface area contributed by atoms with Gasteiger partial charge in [0.05, 0.1) is 24.3 Å². The van der Waals surface area contributed by atoms with Crippen LogP contribution in [-0.2, 0) is 16.0 Å². The SMILES string of the molecule is Cc1ccc(C)c2[nH]c(=O)c(CN(C[C@H]3CCCO3)C(=S)NC[C@@H]3CCCO3)cc12. The van der Waals surface area contributed by atoms with Gasteiger partial charge in [-0.15, -0.1) is 0 Å². The van der Waals surface area contributed by atoms with Gasteiger partial charge in [0.15, 0.2) is 5.11 Å². The Hall–Kier alpha value is -1.96. The second-order valence-corrected chi connectivity index (χ2v) is 8.84. The Kier molecular flexibility index (Phi) is 6.71. The number of fused-ring (bicyclic) bond motifs is 1. The molecule has 0 spiro atoms. The molecule has 0 unspecified atom stereocenters. The summed E-state index contributed by atoms with van der Waals surface area (Å²) < 4.78 is 11.6. The van der Waals surface area contributed by atoms with Crippen LogP contribution in [0.15, 0.2) is 23.0 Å². The fraction of sp³-hybridized carbons (Fsp3) is 0.565. The molecule has 1 aromatic heterocycles. The predicted molar refractivity (Wildman–Crippen MR) is 123 cm³/mol. The predicted octanol–water partition coefficient (Wildman–Crippen LogP) is 3.18. The topological polar surface area (TPSA) is 66.6 Å². The van der Waals surface area contributed by atoms with E-state index in [9.17, 15) is 4.79 Å². The molecule has 0 saturated carbocycles. The molecule has 0 radical (unpaired) electrons. The van der Waals surface area contributed by atoms with Crippen molar-refractivity contribution in [1.29, 1.82) is 0 Å². The molecule has 2 aliphatic rings. The maximum absolute atomic E-state index is 12.9. The summed E-state index contributed by atoms with van der Waals surface area (Å²) >= 11 is 5.72. The molecule has 30 heavy (non-hydrogen) atoms. The van der Waals surface area contributed by atoms with E-state index < -0.39 is 0 Å². The van der Waals surface area contributed by atoms with Crippen LogP contribution in [0.25, 0.3) is 10.9 Å². The molecule has 3 heterocycles. The van der Waals surface area contributed by atoms with Gasteiger partial charge in [-0.05, 0) is 68.9 Å². The summed E-state index contributed by atoms with van der Waals surface area (Å²) in [7, 11) is 0. The molecule has 4 rings (SSSR count). The lowest BCUT2D eigenvalue weighted by molar-refractivity contribution is 0.0885. The Morgan fingerprint density at radius 1 is 1.17 bits per heavy atom. The van der Waals surface area contributed by atoms with Gasteiger partial charge in [0.1, 0.15) is 0 Å². The number of hydrogen-bond donors (Lipinski definition) is 2. The van der Waals surface area contributed by atoms with Crippen molar-refractivity contribution in [3.05, 3.63) is 45.2 Å². The van der Waals surface area contributed by atoms with Gasteiger partial charge >= 0.3 is 0 Å². The summed E-state index contributed by atoms with van der Waals surface area (Å²) in [6.45, 7) is 7.55. The van der Waals surface area contributed by atoms with Crippen LogP contribution in [0.3, 0.4) is 0 Å². The van der Waals surface area contributed by atoms with E-state index in [2.05, 4.69) is 28.2 Å². The Morgan fingerprint density at radius 2 is 1.87 bits per heavy atom. The first-order chi connectivity index (χ1) is 14.5. The van der Waals surface area contributed by atoms with Crippen molar-refractivity contribution in [2.45, 2.75) is 58.3 Å². The Morgan fingerprint density at radius 3 is 2.57 bits per heavy atom. The molecular formula is C23H31N3O3S. The van der Waals surface area contributed by atoms with Crippen LogP contribution in [0.2, 0.25) is 0 Å². The quantitative estimate of drug-likeness (QED) is 0.688. The van der Waals surface area contributed by atoms with Crippen molar-refractivity contribution in [2.24, 2.45) is 0 Å². The first-order valence-corrected chi connectivity index (χ1v) is 11.3. The summed E-state index contributed by atoms with van der Waals surface area (Å²) in [6.07, 6.45) is 4.62. The molecule has 2 aliphatic heterocycles. The van der Waals surface area contributed by atoms with Gasteiger partial charge in [0.2, 0.25) is 0 Å². The Labute approximate surface area is 182 Å². The van der Waals surface area contributed by atoms with E-state index in [1.54, 1.807) is 0 Å². The van der Waals surface area contributed by atoms with Crippen molar-refractivity contribution in [2.75, 3.05) is 26.3 Å². The average molecular weight is 430 g/mol. The second kappa shape index (κ2) is 9.45. The van der Waals surface area contributed by atoms with Crippen LogP contribution in [-0.4, -0.2) is 53.5 Å². The molecular weight excluding hydrogens is 398 g/mol. The molecule has 2 fully saturated rings. The van der Waals surface area contributed by atoms with E-state index in [1.807, 2.05) is 19.1 Å². The number of thiocarbonyl (C=S) groups is 1. The summed E-state index contributed by atoms with van der Waals surface area (Å²) in [4.78, 5) is 18.0. The highest BCUT2D eigenvalue weighted by atomic mass is 32.1. The fourth-order valence-corrected chi connectivity index (χ4v) is 4.54. The van der Waals surface area contributed by atoms with Crippen molar-refractivity contribution in [3.8, 4) is 0 Å². The number of nitrogens with zero attached hydrogens (tertiary/aromatic N) is 1. The third kappa shape index (κ3) is 4.85. The van der Waals surface area contributed by atoms with Gasteiger partial charge in [0, 0.05) is 37.3 Å². The lowest BCUT2D eigenvalue weighted by atomic mass is 10.0. The zero-order valence-electron chi connectivity index (χ0n) is 17.8. The highest BCUT2D eigenvalue weighted by Gasteiger charge is 2.23. The van der Waals surface area contributed by atoms with E-state index in [0.29, 0.717) is 24.7 Å². The van der Waals surface area contributed by atoms with Crippen molar-refractivity contribution >= 4 is 28.2 Å². The Bertz CT molecular complexity index is 962. The lowest BCUT2D eigenvalue weighted by Crippen LogP contribution is -2.45. The highest BCUT2D eigenvalue weighted by Crippen LogP contribution is 2.21. The van der Waals surface area contributed by atoms with Gasteiger partial charge in [-0.1, -0.05) is 12.1 Å². The number of hydrogen-bond acceptors (Lipinski definition) is 4. The Balaban J connectivity index is 1.55. The summed E-state index contributed by atoms with van der Waals surface area (Å²) in [5.41, 5.74) is 3.79. The van der Waals surface area contributed by atoms with Crippen LogP contribution in [0, 0.1) is 13.8 Å². The molecule has 7 heteroatoms. The van der Waals surface area contributed by atoms with Gasteiger partial charge in [0.25, 0.3) is 5.56 Å². The lowest BCUT2D eigenvalue weighted by Gasteiger charge is -2.29. The largest absolute Gasteiger partial charge is 0.376 e. The van der Waals surface area contributed by atoms with E-state index >= 15 is 0 Å². The van der Waals surface area contributed by atoms with Crippen molar-refractivity contribution in [1.82, 2.24) is 15.2 Å². The first kappa shape index (κ1) is 21.3. The smallest absolute Gasteiger partial charge is 0.253 e. The van der Waals surface area contributed by atoms with Gasteiger partial charge in [-0.25, -0.2) is 0 Å². The summed E-state index contributed by atoms with van der Waals surface area (Å²) in [5, 5.41) is 5.10. The van der Waals surface area contributed by atoms with E-state index in [-0.39, 0.29) is 17.8 Å². The highest BCUT2D eigenvalue weighted by molar-refractivity contribution is 7.80. The molecule has 2 N–H and O–H groups in total. The maximum atomic E-state index is 12.9. The van der Waals surface area contributed by atoms with E-state index in [1.165, 1.54) is 0 Å². The zero-order valence-corrected chi connectivity index (χ0v) is 18.6. The van der Waals surface area contributed by atoms with Gasteiger partial charge < -0.3 is 24.7 Å². The van der Waals surface area contributed by atoms with Crippen LogP contribution in [0.4, 0.5) is 0 Å². The minimum Gasteiger partial charge on any atom is -0.376 e. The number of H-pyrrole nitrogens is 1. The number of pyridine rings is 1. The minimum atomic E-state index is -0.0598. The van der Waals surface area contributed by atoms with Gasteiger partial charge in [-0.3, -0.25) is 4.79 Å². The fourth-order valence-electron chi connectivity index (χ4n) is 4.31. The number of benzene rings is 1. The molecule has 2 saturated heterocycles. The molecule has 1 aromatic carbocycles. The van der Waals surface area contributed by atoms with Crippen LogP contribution < -0.4 is 10.9 Å². The maximum Gasteiger partial charge on any atom is 0.253 e. The molecule has 6 nitrogen and oxygen atoms in total. The third-order valence-corrected chi connectivity index (χ3v) is 6.52. The normalized spacial score (nSPS) is 21.3. The molecule has 0 bridgehead atoms. The number of aromatic nitrogens is 1. The van der Waals surface area contributed by atoms with E-state index in [0.717, 1.165) is 66.5 Å². The second-order valence-electron chi connectivity index (χ2n) is 8.45. The summed E-state index contributed by atoms with van der Waals surface area (Å²) in [6, 6.07) is 6.15. The molecule has 2 aromatic rings. The number of aromatic amines is 1. The third-order valence-electron chi connectivity index (χ3n) is 6.12. The monoisotopic (exact) mass is 429 g/mol. The first-order valence-electron chi connectivity index (χ1n) is 10.9. The number of nitrogens with one attached hydrogen (secondary N) is 2. The number of rotatable bonds is 6. The molecule has 0 amide bonds. The van der Waals surface area contributed by atoms with Crippen molar-refractivity contribution in [3.63, 3.8) is 0 Å². The molecule has 162 valence electrons. The van der Waals surface area contributed by atoms with Crippen LogP contribution in [0.1, 0.15) is 42.4 Å². The minimum absolute atomic E-state index is 0.0598. The zero-order chi connectivity index (χ0) is 21.1. The van der Waals surface area contributed by atoms with E-state index in [4.69, 9.17) is 21.7 Å². The average Bonchev–Trinajstić information content (AvgIpc) is 3.43.